The fourth-order valence-corrected chi connectivity index (χ4v) is 7.98. The van der Waals surface area contributed by atoms with Gasteiger partial charge >= 0.3 is 0 Å². The summed E-state index contributed by atoms with van der Waals surface area (Å²) in [7, 11) is -1.76. The Morgan fingerprint density at radius 2 is 1.81 bits per heavy atom. The monoisotopic (exact) mass is 388 g/mol. The lowest BCUT2D eigenvalue weighted by Gasteiger charge is -2.35. The van der Waals surface area contributed by atoms with Gasteiger partial charge in [-0.2, -0.15) is 0 Å². The average molecular weight is 389 g/mol. The highest BCUT2D eigenvalue weighted by molar-refractivity contribution is 6.91. The predicted molar refractivity (Wildman–Crippen MR) is 113 cm³/mol. The Balaban J connectivity index is 2.37. The number of carbonyl (C=O) groups is 1. The number of ketones is 1. The van der Waals surface area contributed by atoms with Crippen LogP contribution in [-0.4, -0.2) is 41.9 Å². The first-order valence-electron chi connectivity index (χ1n) is 9.38. The third-order valence-electron chi connectivity index (χ3n) is 5.23. The highest BCUT2D eigenvalue weighted by Crippen LogP contribution is 2.43. The molecule has 1 saturated carbocycles. The average Bonchev–Trinajstić information content (AvgIpc) is 2.97. The first kappa shape index (κ1) is 21.1. The van der Waals surface area contributed by atoms with Crippen molar-refractivity contribution in [2.45, 2.75) is 57.2 Å². The number of carbonyl (C=O) groups excluding carboxylic acids is 1. The van der Waals surface area contributed by atoms with Crippen LogP contribution in [-0.2, 0) is 14.3 Å². The summed E-state index contributed by atoms with van der Waals surface area (Å²) in [6.07, 6.45) is 1.22. The third-order valence-corrected chi connectivity index (χ3v) is 10.5. The zero-order valence-corrected chi connectivity index (χ0v) is 19.0. The normalized spacial score (nSPS) is 22.0. The van der Waals surface area contributed by atoms with Gasteiger partial charge in [0.2, 0.25) is 0 Å². The molecule has 2 rings (SSSR count). The molecular weight excluding hydrogens is 356 g/mol. The second-order valence-corrected chi connectivity index (χ2v) is 18.3. The highest BCUT2D eigenvalue weighted by atomic mass is 28.3. The molecule has 0 N–H and O–H groups in total. The van der Waals surface area contributed by atoms with Crippen LogP contribution in [0, 0.1) is 17.4 Å². The van der Waals surface area contributed by atoms with Crippen LogP contribution in [0.1, 0.15) is 12.8 Å². The van der Waals surface area contributed by atoms with Crippen molar-refractivity contribution in [3.63, 3.8) is 0 Å². The molecule has 1 aromatic rings. The van der Waals surface area contributed by atoms with Crippen molar-refractivity contribution in [3.05, 3.63) is 30.3 Å². The van der Waals surface area contributed by atoms with E-state index in [1.807, 2.05) is 0 Å². The Morgan fingerprint density at radius 3 is 2.38 bits per heavy atom. The van der Waals surface area contributed by atoms with Gasteiger partial charge in [0.1, 0.15) is 26.8 Å². The van der Waals surface area contributed by atoms with Crippen molar-refractivity contribution in [2.75, 3.05) is 13.9 Å². The molecule has 0 radical (unpaired) electrons. The zero-order chi connectivity index (χ0) is 19.4. The molecule has 1 aromatic carbocycles. The lowest BCUT2D eigenvalue weighted by Crippen LogP contribution is -2.50. The summed E-state index contributed by atoms with van der Waals surface area (Å²) in [5.41, 5.74) is 3.75. The van der Waals surface area contributed by atoms with Gasteiger partial charge in [0.05, 0.1) is 14.0 Å². The lowest BCUT2D eigenvalue weighted by molar-refractivity contribution is -0.127. The minimum Gasteiger partial charge on any atom is -0.359 e. The van der Waals surface area contributed by atoms with Crippen molar-refractivity contribution in [1.82, 2.24) is 0 Å². The SMILES string of the molecule is COCOC(C#C[Si](C)(C)C)[C@H]1C(=O)CC[C@@H]1[Si](C)(C)c1ccccc1. The van der Waals surface area contributed by atoms with E-state index in [1.165, 1.54) is 5.19 Å². The Morgan fingerprint density at radius 1 is 1.15 bits per heavy atom. The molecule has 3 nitrogen and oxygen atoms in total. The number of Topliss-reactive ketones (excluding diaryl/α,β-unsaturated/α-hetero) is 1. The van der Waals surface area contributed by atoms with E-state index in [2.05, 4.69) is 74.5 Å². The maximum absolute atomic E-state index is 12.8. The van der Waals surface area contributed by atoms with E-state index in [0.717, 1.165) is 6.42 Å². The van der Waals surface area contributed by atoms with Crippen LogP contribution in [0.15, 0.2) is 30.3 Å². The van der Waals surface area contributed by atoms with E-state index in [1.54, 1.807) is 7.11 Å². The van der Waals surface area contributed by atoms with Crippen molar-refractivity contribution in [3.8, 4) is 11.5 Å². The minimum absolute atomic E-state index is 0.143. The van der Waals surface area contributed by atoms with Crippen molar-refractivity contribution < 1.29 is 14.3 Å². The van der Waals surface area contributed by atoms with Crippen LogP contribution in [0.2, 0.25) is 38.3 Å². The zero-order valence-electron chi connectivity index (χ0n) is 17.0. The fraction of sp³-hybridized carbons (Fsp3) is 0.571. The van der Waals surface area contributed by atoms with Gasteiger partial charge in [0, 0.05) is 13.5 Å². The second-order valence-electron chi connectivity index (χ2n) is 8.74. The molecule has 0 aliphatic heterocycles. The maximum atomic E-state index is 12.8. The van der Waals surface area contributed by atoms with Crippen LogP contribution in [0.3, 0.4) is 0 Å². The van der Waals surface area contributed by atoms with E-state index in [9.17, 15) is 4.79 Å². The Hall–Kier alpha value is -1.20. The molecule has 1 unspecified atom stereocenters. The summed E-state index contributed by atoms with van der Waals surface area (Å²) < 4.78 is 11.1. The molecule has 1 aliphatic rings. The first-order valence-corrected chi connectivity index (χ1v) is 16.0. The van der Waals surface area contributed by atoms with Gasteiger partial charge < -0.3 is 9.47 Å². The van der Waals surface area contributed by atoms with Crippen molar-refractivity contribution in [1.29, 1.82) is 0 Å². The third kappa shape index (κ3) is 5.17. The van der Waals surface area contributed by atoms with E-state index in [-0.39, 0.29) is 18.8 Å². The summed E-state index contributed by atoms with van der Waals surface area (Å²) in [4.78, 5) is 12.8. The van der Waals surface area contributed by atoms with Gasteiger partial charge in [-0.25, -0.2) is 0 Å². The van der Waals surface area contributed by atoms with Crippen LogP contribution in [0.4, 0.5) is 0 Å². The highest BCUT2D eigenvalue weighted by Gasteiger charge is 2.48. The molecule has 142 valence electrons. The van der Waals surface area contributed by atoms with Gasteiger partial charge in [-0.15, -0.1) is 5.54 Å². The molecule has 0 heterocycles. The van der Waals surface area contributed by atoms with Gasteiger partial charge in [0.15, 0.2) is 0 Å². The number of hydrogen-bond donors (Lipinski definition) is 0. The Kier molecular flexibility index (Phi) is 7.03. The van der Waals surface area contributed by atoms with Gasteiger partial charge in [-0.3, -0.25) is 4.79 Å². The van der Waals surface area contributed by atoms with Crippen LogP contribution in [0.5, 0.6) is 0 Å². The van der Waals surface area contributed by atoms with Gasteiger partial charge in [-0.1, -0.05) is 74.2 Å². The van der Waals surface area contributed by atoms with Crippen molar-refractivity contribution in [2.24, 2.45) is 5.92 Å². The minimum atomic E-state index is -1.83. The molecule has 3 atom stereocenters. The van der Waals surface area contributed by atoms with E-state index in [4.69, 9.17) is 9.47 Å². The van der Waals surface area contributed by atoms with Crippen LogP contribution < -0.4 is 5.19 Å². The number of ether oxygens (including phenoxy) is 2. The molecule has 0 spiro atoms. The fourth-order valence-electron chi connectivity index (χ4n) is 3.80. The van der Waals surface area contributed by atoms with Crippen molar-refractivity contribution >= 4 is 27.1 Å². The van der Waals surface area contributed by atoms with E-state index >= 15 is 0 Å². The molecule has 1 aliphatic carbocycles. The standard InChI is InChI=1S/C21H32O3Si2/c1-23-16-24-19(14-15-25(2,3)4)21-18(22)12-13-20(21)26(5,6)17-10-8-7-9-11-17/h7-11,19-21H,12-13,16H2,1-6H3/t19?,20-,21+/m0/s1. The Labute approximate surface area is 160 Å². The molecule has 26 heavy (non-hydrogen) atoms. The summed E-state index contributed by atoms with van der Waals surface area (Å²) in [5.74, 6) is 3.49. The quantitative estimate of drug-likeness (QED) is 0.422. The second kappa shape index (κ2) is 8.66. The number of rotatable bonds is 6. The summed E-state index contributed by atoms with van der Waals surface area (Å²) in [6, 6.07) is 10.7. The molecule has 0 amide bonds. The van der Waals surface area contributed by atoms with Gasteiger partial charge in [0.25, 0.3) is 0 Å². The molecule has 1 fully saturated rings. The van der Waals surface area contributed by atoms with Crippen LogP contribution >= 0.6 is 0 Å². The van der Waals surface area contributed by atoms with Crippen LogP contribution in [0.25, 0.3) is 0 Å². The summed E-state index contributed by atoms with van der Waals surface area (Å²) >= 11 is 0. The maximum Gasteiger partial charge on any atom is 0.148 e. The Bertz CT molecular complexity index is 668. The van der Waals surface area contributed by atoms with Gasteiger partial charge in [-0.05, 0) is 12.0 Å². The molecule has 0 saturated heterocycles. The summed E-state index contributed by atoms with van der Waals surface area (Å²) in [5, 5.41) is 1.40. The predicted octanol–water partition coefficient (Wildman–Crippen LogP) is 3.82. The largest absolute Gasteiger partial charge is 0.359 e. The smallest absolute Gasteiger partial charge is 0.148 e. The molecular formula is C21H32O3Si2. The molecule has 5 heteroatoms. The summed E-state index contributed by atoms with van der Waals surface area (Å²) in [6.45, 7) is 11.6. The molecule has 0 bridgehead atoms. The van der Waals surface area contributed by atoms with E-state index < -0.39 is 16.1 Å². The first-order chi connectivity index (χ1) is 12.2. The number of hydrogen-bond acceptors (Lipinski definition) is 3. The van der Waals surface area contributed by atoms with E-state index in [0.29, 0.717) is 17.7 Å². The number of methoxy groups -OCH3 is 1. The number of benzene rings is 1. The topological polar surface area (TPSA) is 35.5 Å². The lowest BCUT2D eigenvalue weighted by atomic mass is 10.00. The molecule has 0 aromatic heterocycles.